The lowest BCUT2D eigenvalue weighted by Crippen LogP contribution is -1.90. The number of carbonyl (C=O) groups excluding carboxylic acids is 1. The van der Waals surface area contributed by atoms with Crippen molar-refractivity contribution in [3.8, 4) is 5.75 Å². The second-order valence-corrected chi connectivity index (χ2v) is 2.53. The first-order chi connectivity index (χ1) is 5.24. The highest BCUT2D eigenvalue weighted by atomic mass is 35.5. The molecule has 11 heavy (non-hydrogen) atoms. The van der Waals surface area contributed by atoms with Gasteiger partial charge in [0.05, 0.1) is 0 Å². The first kappa shape index (κ1) is 8.08. The van der Waals surface area contributed by atoms with Crippen LogP contribution >= 0.6 is 11.6 Å². The molecule has 1 aromatic carbocycles. The molecule has 0 spiro atoms. The van der Waals surface area contributed by atoms with Crippen molar-refractivity contribution in [2.45, 2.75) is 6.92 Å². The quantitative estimate of drug-likeness (QED) is 0.678. The molecule has 57 valence electrons. The number of hydrogen-bond acceptors (Lipinski definition) is 2. The molecule has 0 aliphatic rings. The molecular formula is C8H6ClO2. The third kappa shape index (κ3) is 1.95. The zero-order valence-electron chi connectivity index (χ0n) is 5.93. The van der Waals surface area contributed by atoms with Crippen molar-refractivity contribution in [3.05, 3.63) is 28.8 Å². The lowest BCUT2D eigenvalue weighted by atomic mass is 10.2. The molecule has 0 heterocycles. The summed E-state index contributed by atoms with van der Waals surface area (Å²) in [5, 5.41) is 0.626. The topological polar surface area (TPSA) is 26.3 Å². The van der Waals surface area contributed by atoms with Gasteiger partial charge in [0.2, 0.25) is 0 Å². The van der Waals surface area contributed by atoms with Crippen molar-refractivity contribution in [1.82, 2.24) is 0 Å². The van der Waals surface area contributed by atoms with E-state index < -0.39 is 0 Å². The van der Waals surface area contributed by atoms with Crippen molar-refractivity contribution in [2.75, 3.05) is 0 Å². The van der Waals surface area contributed by atoms with Gasteiger partial charge in [-0.05, 0) is 30.7 Å². The fourth-order valence-electron chi connectivity index (χ4n) is 0.772. The third-order valence-electron chi connectivity index (χ3n) is 1.29. The van der Waals surface area contributed by atoms with Gasteiger partial charge < -0.3 is 4.74 Å². The molecule has 3 heteroatoms. The minimum Gasteiger partial charge on any atom is -0.418 e. The lowest BCUT2D eigenvalue weighted by Gasteiger charge is -2.00. The highest BCUT2D eigenvalue weighted by molar-refractivity contribution is 6.30. The minimum absolute atomic E-state index is 0.490. The second-order valence-electron chi connectivity index (χ2n) is 2.10. The van der Waals surface area contributed by atoms with E-state index in [0.717, 1.165) is 5.56 Å². The number of rotatable bonds is 2. The SMILES string of the molecule is Cc1cc(Cl)ccc1O[C]=O. The maximum absolute atomic E-state index is 9.83. The van der Waals surface area contributed by atoms with Crippen LogP contribution in [-0.4, -0.2) is 6.47 Å². The van der Waals surface area contributed by atoms with Gasteiger partial charge in [-0.1, -0.05) is 11.6 Å². The summed E-state index contributed by atoms with van der Waals surface area (Å²) in [6, 6.07) is 5.00. The predicted octanol–water partition coefficient (Wildman–Crippen LogP) is 2.09. The van der Waals surface area contributed by atoms with Crippen LogP contribution in [0.15, 0.2) is 18.2 Å². The van der Waals surface area contributed by atoms with Crippen molar-refractivity contribution >= 4 is 18.1 Å². The standard InChI is InChI=1S/C8H6ClO2/c1-6-4-7(9)2-3-8(6)11-5-10/h2-4H,1H3. The normalized spacial score (nSPS) is 9.27. The molecule has 1 rings (SSSR count). The summed E-state index contributed by atoms with van der Waals surface area (Å²) in [5.41, 5.74) is 0.820. The van der Waals surface area contributed by atoms with Crippen molar-refractivity contribution in [2.24, 2.45) is 0 Å². The van der Waals surface area contributed by atoms with Gasteiger partial charge in [-0.25, -0.2) is 4.79 Å². The van der Waals surface area contributed by atoms with E-state index in [1.807, 2.05) is 0 Å². The number of ether oxygens (including phenoxy) is 1. The predicted molar refractivity (Wildman–Crippen MR) is 42.5 cm³/mol. The Morgan fingerprint density at radius 1 is 1.55 bits per heavy atom. The summed E-state index contributed by atoms with van der Waals surface area (Å²) in [7, 11) is 0. The highest BCUT2D eigenvalue weighted by Crippen LogP contribution is 2.20. The van der Waals surface area contributed by atoms with Gasteiger partial charge in [-0.2, -0.15) is 0 Å². The van der Waals surface area contributed by atoms with Gasteiger partial charge in [-0.3, -0.25) is 0 Å². The van der Waals surface area contributed by atoms with E-state index >= 15 is 0 Å². The van der Waals surface area contributed by atoms with E-state index in [2.05, 4.69) is 4.74 Å². The Labute approximate surface area is 69.7 Å². The highest BCUT2D eigenvalue weighted by Gasteiger charge is 1.98. The number of halogens is 1. The van der Waals surface area contributed by atoms with Gasteiger partial charge >= 0.3 is 6.47 Å². The average molecular weight is 170 g/mol. The summed E-state index contributed by atoms with van der Waals surface area (Å²) in [4.78, 5) is 9.83. The zero-order valence-corrected chi connectivity index (χ0v) is 6.68. The van der Waals surface area contributed by atoms with Crippen LogP contribution in [0.5, 0.6) is 5.75 Å². The van der Waals surface area contributed by atoms with Crippen LogP contribution in [0.3, 0.4) is 0 Å². The van der Waals surface area contributed by atoms with E-state index in [-0.39, 0.29) is 0 Å². The van der Waals surface area contributed by atoms with Gasteiger partial charge in [0.15, 0.2) is 0 Å². The fraction of sp³-hybridized carbons (Fsp3) is 0.125. The smallest absolute Gasteiger partial charge is 0.418 e. The molecule has 1 aromatic rings. The fourth-order valence-corrected chi connectivity index (χ4v) is 0.999. The van der Waals surface area contributed by atoms with Gasteiger partial charge in [0, 0.05) is 5.02 Å². The summed E-state index contributed by atoms with van der Waals surface area (Å²) in [6.07, 6.45) is 0. The zero-order chi connectivity index (χ0) is 8.27. The Morgan fingerprint density at radius 3 is 2.82 bits per heavy atom. The van der Waals surface area contributed by atoms with E-state index in [0.29, 0.717) is 10.8 Å². The number of hydrogen-bond donors (Lipinski definition) is 0. The van der Waals surface area contributed by atoms with Crippen molar-refractivity contribution in [1.29, 1.82) is 0 Å². The van der Waals surface area contributed by atoms with E-state index in [9.17, 15) is 4.79 Å². The summed E-state index contributed by atoms with van der Waals surface area (Å²) in [6.45, 7) is 3.16. The van der Waals surface area contributed by atoms with Crippen LogP contribution in [0.25, 0.3) is 0 Å². The minimum atomic E-state index is 0.490. The molecule has 2 nitrogen and oxygen atoms in total. The third-order valence-corrected chi connectivity index (χ3v) is 1.52. The monoisotopic (exact) mass is 169 g/mol. The van der Waals surface area contributed by atoms with E-state index in [4.69, 9.17) is 11.6 Å². The number of aryl methyl sites for hydroxylation is 1. The van der Waals surface area contributed by atoms with Crippen molar-refractivity contribution < 1.29 is 9.53 Å². The Balaban J connectivity index is 2.98. The van der Waals surface area contributed by atoms with Crippen LogP contribution in [0.2, 0.25) is 5.02 Å². The van der Waals surface area contributed by atoms with Crippen LogP contribution in [0, 0.1) is 6.92 Å². The lowest BCUT2D eigenvalue weighted by molar-refractivity contribution is 0.441. The van der Waals surface area contributed by atoms with Crippen LogP contribution in [0.1, 0.15) is 5.56 Å². The molecule has 0 atom stereocenters. The molecule has 0 N–H and O–H groups in total. The molecule has 0 saturated carbocycles. The Bertz CT molecular complexity index is 271. The first-order valence-electron chi connectivity index (χ1n) is 3.04. The Morgan fingerprint density at radius 2 is 2.27 bits per heavy atom. The summed E-state index contributed by atoms with van der Waals surface area (Å²) < 4.78 is 4.53. The van der Waals surface area contributed by atoms with Crippen LogP contribution in [0.4, 0.5) is 0 Å². The second kappa shape index (κ2) is 3.39. The van der Waals surface area contributed by atoms with E-state index in [1.165, 1.54) is 6.47 Å². The molecule has 0 bridgehead atoms. The first-order valence-corrected chi connectivity index (χ1v) is 3.42. The summed E-state index contributed by atoms with van der Waals surface area (Å²) in [5.74, 6) is 0.490. The van der Waals surface area contributed by atoms with Gasteiger partial charge in [0.25, 0.3) is 0 Å². The molecule has 0 aliphatic carbocycles. The van der Waals surface area contributed by atoms with Crippen LogP contribution < -0.4 is 4.74 Å². The number of benzene rings is 1. The van der Waals surface area contributed by atoms with Gasteiger partial charge in [-0.15, -0.1) is 0 Å². The van der Waals surface area contributed by atoms with Crippen molar-refractivity contribution in [3.63, 3.8) is 0 Å². The van der Waals surface area contributed by atoms with Crippen LogP contribution in [-0.2, 0) is 4.79 Å². The molecule has 0 aromatic heterocycles. The maximum atomic E-state index is 9.83. The maximum Gasteiger partial charge on any atom is 0.423 e. The largest absolute Gasteiger partial charge is 0.423 e. The molecule has 0 aliphatic heterocycles. The molecule has 0 fully saturated rings. The molecule has 0 amide bonds. The average Bonchev–Trinajstić information content (AvgIpc) is 1.95. The summed E-state index contributed by atoms with van der Waals surface area (Å²) >= 11 is 5.66. The molecule has 0 saturated heterocycles. The van der Waals surface area contributed by atoms with E-state index in [1.54, 1.807) is 25.1 Å². The van der Waals surface area contributed by atoms with Gasteiger partial charge in [0.1, 0.15) is 5.75 Å². The Kier molecular flexibility index (Phi) is 2.49. The Hall–Kier alpha value is -1.02. The molecule has 1 radical (unpaired) electrons. The molecular weight excluding hydrogens is 164 g/mol. The molecule has 0 unspecified atom stereocenters.